The highest BCUT2D eigenvalue weighted by atomic mass is 19.1. The number of hydrogen-bond donors (Lipinski definition) is 1. The fourth-order valence-corrected chi connectivity index (χ4v) is 3.43. The zero-order chi connectivity index (χ0) is 16.6. The van der Waals surface area contributed by atoms with Gasteiger partial charge in [-0.1, -0.05) is 12.8 Å². The van der Waals surface area contributed by atoms with Crippen molar-refractivity contribution in [1.29, 1.82) is 0 Å². The van der Waals surface area contributed by atoms with E-state index in [1.54, 1.807) is 4.90 Å². The maximum Gasteiger partial charge on any atom is 0.295 e. The standard InChI is InChI=1S/C15H18FN3O4/c16-9-7-10(14(17)12(8-9)19(21)22)15(20)18-5-6-23-13-4-2-1-3-11(13)18/h7-8,11,13H,1-6,17H2/t11-,13-/m1/s1. The smallest absolute Gasteiger partial charge is 0.295 e. The largest absolute Gasteiger partial charge is 0.393 e. The number of rotatable bonds is 2. The Morgan fingerprint density at radius 3 is 2.87 bits per heavy atom. The van der Waals surface area contributed by atoms with Crippen molar-refractivity contribution in [2.24, 2.45) is 0 Å². The van der Waals surface area contributed by atoms with Crippen molar-refractivity contribution in [2.45, 2.75) is 37.8 Å². The van der Waals surface area contributed by atoms with E-state index < -0.39 is 22.3 Å². The van der Waals surface area contributed by atoms with Gasteiger partial charge >= 0.3 is 0 Å². The fourth-order valence-electron chi connectivity index (χ4n) is 3.43. The third-order valence-corrected chi connectivity index (χ3v) is 4.54. The van der Waals surface area contributed by atoms with Gasteiger partial charge in [0, 0.05) is 6.54 Å². The lowest BCUT2D eigenvalue weighted by atomic mass is 9.89. The summed E-state index contributed by atoms with van der Waals surface area (Å²) in [7, 11) is 0. The van der Waals surface area contributed by atoms with Crippen LogP contribution in [0.4, 0.5) is 15.8 Å². The maximum absolute atomic E-state index is 13.7. The Labute approximate surface area is 132 Å². The number of carbonyl (C=O) groups excluding carboxylic acids is 1. The van der Waals surface area contributed by atoms with Gasteiger partial charge in [-0.05, 0) is 18.9 Å². The highest BCUT2D eigenvalue weighted by Crippen LogP contribution is 2.32. The van der Waals surface area contributed by atoms with Gasteiger partial charge < -0.3 is 15.4 Å². The zero-order valence-corrected chi connectivity index (χ0v) is 12.5. The summed E-state index contributed by atoms with van der Waals surface area (Å²) in [6.07, 6.45) is 3.72. The number of carbonyl (C=O) groups is 1. The summed E-state index contributed by atoms with van der Waals surface area (Å²) < 4.78 is 19.4. The maximum atomic E-state index is 13.7. The summed E-state index contributed by atoms with van der Waals surface area (Å²) >= 11 is 0. The van der Waals surface area contributed by atoms with E-state index in [9.17, 15) is 19.3 Å². The summed E-state index contributed by atoms with van der Waals surface area (Å²) in [5.41, 5.74) is 4.72. The minimum absolute atomic E-state index is 0.0220. The number of nitro groups is 1. The van der Waals surface area contributed by atoms with E-state index in [0.717, 1.165) is 37.8 Å². The molecule has 7 nitrogen and oxygen atoms in total. The molecular formula is C15H18FN3O4. The van der Waals surface area contributed by atoms with Crippen molar-refractivity contribution in [1.82, 2.24) is 4.90 Å². The molecule has 23 heavy (non-hydrogen) atoms. The van der Waals surface area contributed by atoms with Crippen LogP contribution in [0.15, 0.2) is 12.1 Å². The predicted molar refractivity (Wildman–Crippen MR) is 80.5 cm³/mol. The molecule has 0 radical (unpaired) electrons. The second-order valence-electron chi connectivity index (χ2n) is 5.90. The number of morpholine rings is 1. The lowest BCUT2D eigenvalue weighted by Crippen LogP contribution is -2.54. The first-order chi connectivity index (χ1) is 11.0. The average molecular weight is 323 g/mol. The Balaban J connectivity index is 1.95. The lowest BCUT2D eigenvalue weighted by Gasteiger charge is -2.43. The number of fused-ring (bicyclic) bond motifs is 1. The molecule has 1 heterocycles. The molecule has 2 fully saturated rings. The van der Waals surface area contributed by atoms with Crippen LogP contribution in [0.5, 0.6) is 0 Å². The Kier molecular flexibility index (Phi) is 4.16. The molecule has 0 bridgehead atoms. The number of ether oxygens (including phenoxy) is 1. The Bertz CT molecular complexity index is 650. The Morgan fingerprint density at radius 2 is 2.13 bits per heavy atom. The first kappa shape index (κ1) is 15.7. The van der Waals surface area contributed by atoms with E-state index in [1.165, 1.54) is 0 Å². The predicted octanol–water partition coefficient (Wildman–Crippen LogP) is 2.10. The molecule has 1 aliphatic heterocycles. The summed E-state index contributed by atoms with van der Waals surface area (Å²) in [6.45, 7) is 0.786. The fraction of sp³-hybridized carbons (Fsp3) is 0.533. The Hall–Kier alpha value is -2.22. The summed E-state index contributed by atoms with van der Waals surface area (Å²) in [5.74, 6) is -1.31. The van der Waals surface area contributed by atoms with Gasteiger partial charge in [0.25, 0.3) is 11.6 Å². The number of nitrogens with zero attached hydrogens (tertiary/aromatic N) is 2. The van der Waals surface area contributed by atoms with Gasteiger partial charge in [0.1, 0.15) is 11.5 Å². The number of nitro benzene ring substituents is 1. The minimum Gasteiger partial charge on any atom is -0.393 e. The number of halogens is 1. The molecule has 124 valence electrons. The SMILES string of the molecule is Nc1c(C(=O)N2CCO[C@@H]3CCCC[C@H]32)cc(F)cc1[N+](=O)[O-]. The lowest BCUT2D eigenvalue weighted by molar-refractivity contribution is -0.384. The van der Waals surface area contributed by atoms with Crippen LogP contribution in [-0.4, -0.2) is 41.0 Å². The molecule has 1 saturated carbocycles. The Morgan fingerprint density at radius 1 is 1.39 bits per heavy atom. The molecule has 2 atom stereocenters. The third kappa shape index (κ3) is 2.86. The summed E-state index contributed by atoms with van der Waals surface area (Å²) in [6, 6.07) is 1.62. The van der Waals surface area contributed by atoms with Gasteiger partial charge in [0.2, 0.25) is 0 Å². The second-order valence-corrected chi connectivity index (χ2v) is 5.90. The highest BCUT2D eigenvalue weighted by Gasteiger charge is 2.38. The number of anilines is 1. The molecule has 8 heteroatoms. The van der Waals surface area contributed by atoms with Crippen LogP contribution in [-0.2, 0) is 4.74 Å². The van der Waals surface area contributed by atoms with Crippen molar-refractivity contribution in [3.8, 4) is 0 Å². The van der Waals surface area contributed by atoms with Crippen molar-refractivity contribution >= 4 is 17.3 Å². The number of amides is 1. The molecule has 1 aromatic carbocycles. The van der Waals surface area contributed by atoms with Gasteiger partial charge in [0.15, 0.2) is 0 Å². The van der Waals surface area contributed by atoms with E-state index in [2.05, 4.69) is 0 Å². The van der Waals surface area contributed by atoms with Gasteiger partial charge in [-0.15, -0.1) is 0 Å². The van der Waals surface area contributed by atoms with Crippen molar-refractivity contribution in [3.05, 3.63) is 33.6 Å². The topological polar surface area (TPSA) is 98.7 Å². The minimum atomic E-state index is -0.845. The number of hydrogen-bond acceptors (Lipinski definition) is 5. The first-order valence-corrected chi connectivity index (χ1v) is 7.65. The monoisotopic (exact) mass is 323 g/mol. The number of benzene rings is 1. The van der Waals surface area contributed by atoms with Gasteiger partial charge in [-0.25, -0.2) is 4.39 Å². The van der Waals surface area contributed by atoms with Gasteiger partial charge in [0.05, 0.1) is 35.3 Å². The van der Waals surface area contributed by atoms with Crippen molar-refractivity contribution in [3.63, 3.8) is 0 Å². The third-order valence-electron chi connectivity index (χ3n) is 4.54. The molecule has 0 aromatic heterocycles. The van der Waals surface area contributed by atoms with E-state index in [4.69, 9.17) is 10.5 Å². The van der Waals surface area contributed by atoms with Gasteiger partial charge in [-0.2, -0.15) is 0 Å². The molecule has 0 unspecified atom stereocenters. The highest BCUT2D eigenvalue weighted by molar-refractivity contribution is 6.01. The van der Waals surface area contributed by atoms with Crippen molar-refractivity contribution in [2.75, 3.05) is 18.9 Å². The molecule has 1 aliphatic carbocycles. The average Bonchev–Trinajstić information content (AvgIpc) is 2.55. The summed E-state index contributed by atoms with van der Waals surface area (Å²) in [5, 5.41) is 11.0. The van der Waals surface area contributed by atoms with E-state index >= 15 is 0 Å². The molecule has 1 aromatic rings. The molecule has 2 aliphatic rings. The molecule has 0 spiro atoms. The number of nitrogens with two attached hydrogens (primary N) is 1. The molecule has 1 saturated heterocycles. The normalized spacial score (nSPS) is 24.1. The molecule has 3 rings (SSSR count). The van der Waals surface area contributed by atoms with Crippen LogP contribution in [0.25, 0.3) is 0 Å². The van der Waals surface area contributed by atoms with Crippen LogP contribution in [0.1, 0.15) is 36.0 Å². The van der Waals surface area contributed by atoms with Gasteiger partial charge in [-0.3, -0.25) is 14.9 Å². The molecule has 1 amide bonds. The molecular weight excluding hydrogens is 305 g/mol. The van der Waals surface area contributed by atoms with E-state index in [1.807, 2.05) is 0 Å². The summed E-state index contributed by atoms with van der Waals surface area (Å²) in [4.78, 5) is 24.6. The van der Waals surface area contributed by atoms with E-state index in [0.29, 0.717) is 13.2 Å². The second kappa shape index (κ2) is 6.11. The molecule has 2 N–H and O–H groups in total. The van der Waals surface area contributed by atoms with E-state index in [-0.39, 0.29) is 23.4 Å². The van der Waals surface area contributed by atoms with Crippen LogP contribution in [0, 0.1) is 15.9 Å². The number of nitrogen functional groups attached to an aromatic ring is 1. The quantitative estimate of drug-likeness (QED) is 0.510. The van der Waals surface area contributed by atoms with Crippen LogP contribution < -0.4 is 5.73 Å². The van der Waals surface area contributed by atoms with Crippen molar-refractivity contribution < 1.29 is 18.8 Å². The van der Waals surface area contributed by atoms with Crippen LogP contribution in [0.3, 0.4) is 0 Å². The van der Waals surface area contributed by atoms with Crippen LogP contribution >= 0.6 is 0 Å². The van der Waals surface area contributed by atoms with Crippen LogP contribution in [0.2, 0.25) is 0 Å². The zero-order valence-electron chi connectivity index (χ0n) is 12.5. The first-order valence-electron chi connectivity index (χ1n) is 7.65.